The number of amides is 1. The highest BCUT2D eigenvalue weighted by Crippen LogP contribution is 2.34. The number of nitrogens with one attached hydrogen (secondary N) is 1. The molecule has 32 heavy (non-hydrogen) atoms. The Labute approximate surface area is 214 Å². The van der Waals surface area contributed by atoms with Gasteiger partial charge in [-0.2, -0.15) is 5.10 Å². The number of carbonyl (C=O) groups excluding carboxylic acids is 1. The van der Waals surface area contributed by atoms with E-state index in [1.54, 1.807) is 24.3 Å². The lowest BCUT2D eigenvalue weighted by atomic mass is 10.2. The third-order valence-corrected chi connectivity index (χ3v) is 6.29. The lowest BCUT2D eigenvalue weighted by Crippen LogP contribution is -2.16. The Morgan fingerprint density at radius 1 is 1.03 bits per heavy atom. The van der Waals surface area contributed by atoms with Gasteiger partial charge >= 0.3 is 5.91 Å². The Morgan fingerprint density at radius 3 is 2.53 bits per heavy atom. The number of furan rings is 1. The molecule has 0 saturated heterocycles. The molecule has 0 bridgehead atoms. The molecule has 0 aliphatic rings. The molecular formula is C23H14Br3ClN2O3. The molecule has 1 N–H and O–H groups in total. The summed E-state index contributed by atoms with van der Waals surface area (Å²) in [6.07, 6.45) is 1.49. The average molecular weight is 642 g/mol. The first-order valence-corrected chi connectivity index (χ1v) is 12.0. The molecule has 0 aliphatic carbocycles. The third kappa shape index (κ3) is 5.61. The summed E-state index contributed by atoms with van der Waals surface area (Å²) >= 11 is 16.7. The molecule has 4 aromatic rings. The molecule has 0 spiro atoms. The summed E-state index contributed by atoms with van der Waals surface area (Å²) in [4.78, 5) is 12.3. The van der Waals surface area contributed by atoms with E-state index < -0.39 is 5.91 Å². The van der Waals surface area contributed by atoms with Crippen molar-refractivity contribution >= 4 is 82.5 Å². The molecule has 5 nitrogen and oxygen atoms in total. The van der Waals surface area contributed by atoms with Crippen LogP contribution < -0.4 is 10.2 Å². The van der Waals surface area contributed by atoms with Crippen LogP contribution in [0, 0.1) is 0 Å². The fourth-order valence-electron chi connectivity index (χ4n) is 2.87. The van der Waals surface area contributed by atoms with Gasteiger partial charge < -0.3 is 9.15 Å². The van der Waals surface area contributed by atoms with Crippen LogP contribution in [-0.4, -0.2) is 12.1 Å². The van der Waals surface area contributed by atoms with Gasteiger partial charge in [0.05, 0.1) is 15.7 Å². The standard InChI is InChI=1S/C23H14Br3ClN2O3/c24-16-3-1-13(2-4-16)12-31-22-18(26)7-14(8-19(22)27)11-28-29-23(30)21-10-15-9-17(25)5-6-20(15)32-21/h1-11H,12H2,(H,29,30)/b28-11+. The van der Waals surface area contributed by atoms with Crippen LogP contribution in [0.5, 0.6) is 5.75 Å². The Bertz CT molecular complexity index is 1300. The van der Waals surface area contributed by atoms with Crippen molar-refractivity contribution < 1.29 is 13.9 Å². The van der Waals surface area contributed by atoms with Crippen LogP contribution in [0.25, 0.3) is 11.0 Å². The molecule has 0 aliphatic heterocycles. The smallest absolute Gasteiger partial charge is 0.307 e. The summed E-state index contributed by atoms with van der Waals surface area (Å²) in [5.74, 6) is 0.253. The first-order valence-electron chi connectivity index (χ1n) is 9.28. The van der Waals surface area contributed by atoms with Gasteiger partial charge in [0.25, 0.3) is 0 Å². The summed E-state index contributed by atoms with van der Waals surface area (Å²) in [5, 5.41) is 5.25. The van der Waals surface area contributed by atoms with Crippen molar-refractivity contribution in [3.05, 3.63) is 96.0 Å². The summed E-state index contributed by atoms with van der Waals surface area (Å²) in [7, 11) is 0. The number of benzene rings is 3. The quantitative estimate of drug-likeness (QED) is 0.173. The van der Waals surface area contributed by atoms with Gasteiger partial charge in [0.1, 0.15) is 12.2 Å². The van der Waals surface area contributed by atoms with Crippen molar-refractivity contribution in [1.82, 2.24) is 5.43 Å². The van der Waals surface area contributed by atoms with E-state index >= 15 is 0 Å². The zero-order valence-electron chi connectivity index (χ0n) is 16.2. The van der Waals surface area contributed by atoms with Crippen LogP contribution >= 0.6 is 59.4 Å². The van der Waals surface area contributed by atoms with Crippen LogP contribution in [0.1, 0.15) is 21.7 Å². The van der Waals surface area contributed by atoms with Crippen LogP contribution in [-0.2, 0) is 6.61 Å². The molecule has 0 saturated carbocycles. The molecule has 0 atom stereocenters. The topological polar surface area (TPSA) is 63.8 Å². The van der Waals surface area contributed by atoms with Crippen molar-refractivity contribution in [3.8, 4) is 5.75 Å². The van der Waals surface area contributed by atoms with Crippen molar-refractivity contribution in [2.24, 2.45) is 5.10 Å². The number of hydrogen-bond donors (Lipinski definition) is 1. The number of hydrazone groups is 1. The van der Waals surface area contributed by atoms with E-state index in [2.05, 4.69) is 58.3 Å². The lowest BCUT2D eigenvalue weighted by Gasteiger charge is -2.11. The molecule has 162 valence electrons. The van der Waals surface area contributed by atoms with E-state index in [-0.39, 0.29) is 5.76 Å². The highest BCUT2D eigenvalue weighted by Gasteiger charge is 2.12. The molecule has 0 unspecified atom stereocenters. The van der Waals surface area contributed by atoms with Gasteiger partial charge in [0.15, 0.2) is 11.5 Å². The van der Waals surface area contributed by atoms with Crippen LogP contribution in [0.4, 0.5) is 0 Å². The van der Waals surface area contributed by atoms with Crippen molar-refractivity contribution in [2.75, 3.05) is 0 Å². The number of rotatable bonds is 6. The second-order valence-electron chi connectivity index (χ2n) is 6.72. The number of hydrogen-bond acceptors (Lipinski definition) is 4. The predicted octanol–water partition coefficient (Wildman–Crippen LogP) is 7.72. The zero-order chi connectivity index (χ0) is 22.7. The van der Waals surface area contributed by atoms with Gasteiger partial charge in [-0.05, 0) is 75.6 Å². The molecule has 1 aromatic heterocycles. The summed E-state index contributed by atoms with van der Waals surface area (Å²) < 4.78 is 14.0. The Balaban J connectivity index is 1.41. The summed E-state index contributed by atoms with van der Waals surface area (Å²) in [5.41, 5.74) is 4.78. The van der Waals surface area contributed by atoms with Crippen molar-refractivity contribution in [3.63, 3.8) is 0 Å². The highest BCUT2D eigenvalue weighted by atomic mass is 79.9. The Hall–Kier alpha value is -2.13. The maximum Gasteiger partial charge on any atom is 0.307 e. The van der Waals surface area contributed by atoms with Gasteiger partial charge in [-0.15, -0.1) is 0 Å². The van der Waals surface area contributed by atoms with Crippen LogP contribution in [0.15, 0.2) is 83.6 Å². The Morgan fingerprint density at radius 2 is 1.78 bits per heavy atom. The van der Waals surface area contributed by atoms with Crippen LogP contribution in [0.2, 0.25) is 5.02 Å². The minimum Gasteiger partial charge on any atom is -0.486 e. The number of carbonyl (C=O) groups is 1. The van der Waals surface area contributed by atoms with E-state index in [4.69, 9.17) is 20.8 Å². The van der Waals surface area contributed by atoms with Gasteiger partial charge in [0, 0.05) is 14.3 Å². The molecule has 1 amide bonds. The maximum absolute atomic E-state index is 12.3. The molecular weight excluding hydrogens is 627 g/mol. The number of nitrogens with zero attached hydrogens (tertiary/aromatic N) is 1. The molecule has 1 heterocycles. The maximum atomic E-state index is 12.3. The largest absolute Gasteiger partial charge is 0.486 e. The second kappa shape index (κ2) is 10.2. The lowest BCUT2D eigenvalue weighted by molar-refractivity contribution is 0.0929. The third-order valence-electron chi connectivity index (χ3n) is 4.40. The SMILES string of the molecule is O=C(N/N=C/c1cc(Cl)c(OCc2ccc(Br)cc2)c(Br)c1)c1cc2cc(Br)ccc2o1. The van der Waals surface area contributed by atoms with E-state index in [1.165, 1.54) is 6.21 Å². The monoisotopic (exact) mass is 638 g/mol. The highest BCUT2D eigenvalue weighted by molar-refractivity contribution is 9.11. The van der Waals surface area contributed by atoms with Gasteiger partial charge in [0.2, 0.25) is 0 Å². The number of ether oxygens (including phenoxy) is 1. The first kappa shape index (κ1) is 23.0. The molecule has 3 aromatic carbocycles. The molecule has 0 radical (unpaired) electrons. The Kier molecular flexibility index (Phi) is 7.35. The minimum absolute atomic E-state index is 0.172. The number of fused-ring (bicyclic) bond motifs is 1. The predicted molar refractivity (Wildman–Crippen MR) is 137 cm³/mol. The zero-order valence-corrected chi connectivity index (χ0v) is 21.8. The summed E-state index contributed by atoms with van der Waals surface area (Å²) in [6, 6.07) is 18.5. The fourth-order valence-corrected chi connectivity index (χ4v) is 4.51. The van der Waals surface area contributed by atoms with Gasteiger partial charge in [-0.1, -0.05) is 55.6 Å². The molecule has 9 heteroatoms. The first-order chi connectivity index (χ1) is 15.4. The van der Waals surface area contributed by atoms with Crippen molar-refractivity contribution in [1.29, 1.82) is 0 Å². The second-order valence-corrected chi connectivity index (χ2v) is 9.81. The molecule has 4 rings (SSSR count). The fraction of sp³-hybridized carbons (Fsp3) is 0.0435. The minimum atomic E-state index is -0.451. The van der Waals surface area contributed by atoms with Gasteiger partial charge in [-0.25, -0.2) is 5.43 Å². The number of halogens is 4. The van der Waals surface area contributed by atoms with E-state index in [1.807, 2.05) is 36.4 Å². The van der Waals surface area contributed by atoms with E-state index in [0.29, 0.717) is 33.0 Å². The van der Waals surface area contributed by atoms with E-state index in [0.717, 1.165) is 19.9 Å². The average Bonchev–Trinajstić information content (AvgIpc) is 3.18. The van der Waals surface area contributed by atoms with Crippen molar-refractivity contribution in [2.45, 2.75) is 6.61 Å². The summed E-state index contributed by atoms with van der Waals surface area (Å²) in [6.45, 7) is 0.378. The normalized spacial score (nSPS) is 11.2. The van der Waals surface area contributed by atoms with Gasteiger partial charge in [-0.3, -0.25) is 4.79 Å². The van der Waals surface area contributed by atoms with Crippen LogP contribution in [0.3, 0.4) is 0 Å². The van der Waals surface area contributed by atoms with E-state index in [9.17, 15) is 4.79 Å². The molecule has 0 fully saturated rings.